The minimum atomic E-state index is 0. The number of nitrogens with two attached hydrogens (primary N) is 1. The molecule has 0 spiro atoms. The van der Waals surface area contributed by atoms with Crippen molar-refractivity contribution in [1.82, 2.24) is 10.1 Å². The molecule has 2 aromatic rings. The van der Waals surface area contributed by atoms with Gasteiger partial charge in [0.1, 0.15) is 0 Å². The van der Waals surface area contributed by atoms with Gasteiger partial charge >= 0.3 is 0 Å². The summed E-state index contributed by atoms with van der Waals surface area (Å²) < 4.78 is 5.24. The lowest BCUT2D eigenvalue weighted by Crippen LogP contribution is -1.95. The summed E-state index contributed by atoms with van der Waals surface area (Å²) in [7, 11) is 0. The first-order valence-electron chi connectivity index (χ1n) is 5.97. The maximum absolute atomic E-state index is 5.55. The summed E-state index contributed by atoms with van der Waals surface area (Å²) in [5.74, 6) is 2.19. The predicted octanol–water partition coefficient (Wildman–Crippen LogP) is 2.57. The van der Waals surface area contributed by atoms with Crippen LogP contribution in [0.15, 0.2) is 28.8 Å². The predicted molar refractivity (Wildman–Crippen MR) is 71.3 cm³/mol. The molecule has 1 heterocycles. The summed E-state index contributed by atoms with van der Waals surface area (Å²) in [4.78, 5) is 4.41. The fourth-order valence-electron chi connectivity index (χ4n) is 1.81. The third kappa shape index (κ3) is 2.89. The van der Waals surface area contributed by atoms with Gasteiger partial charge in [0.25, 0.3) is 0 Å². The smallest absolute Gasteiger partial charge is 0.227 e. The highest BCUT2D eigenvalue weighted by atomic mass is 35.5. The number of nitrogens with zero attached hydrogens (tertiary/aromatic N) is 2. The fraction of sp³-hybridized carbons (Fsp3) is 0.385. The Bertz CT molecular complexity index is 505. The van der Waals surface area contributed by atoms with Crippen molar-refractivity contribution >= 4 is 12.4 Å². The van der Waals surface area contributed by atoms with E-state index in [4.69, 9.17) is 10.3 Å². The molecule has 5 heteroatoms. The maximum atomic E-state index is 5.55. The van der Waals surface area contributed by atoms with E-state index in [2.05, 4.69) is 10.1 Å². The summed E-state index contributed by atoms with van der Waals surface area (Å²) in [5, 5.41) is 4.01. The molecule has 1 aromatic carbocycles. The molecule has 1 fully saturated rings. The van der Waals surface area contributed by atoms with Crippen LogP contribution in [0.25, 0.3) is 11.4 Å². The standard InChI is InChI=1S/C13H15N3O.ClH/c14-8-10-3-5-11(6-4-10)13-15-12(17-16-13)7-9-1-2-9;/h3-6,9H,1-2,7-8,14H2;1H. The van der Waals surface area contributed by atoms with E-state index in [0.717, 1.165) is 29.4 Å². The molecule has 1 aliphatic rings. The van der Waals surface area contributed by atoms with Crippen molar-refractivity contribution in [3.05, 3.63) is 35.7 Å². The summed E-state index contributed by atoms with van der Waals surface area (Å²) >= 11 is 0. The van der Waals surface area contributed by atoms with Crippen LogP contribution in [-0.2, 0) is 13.0 Å². The van der Waals surface area contributed by atoms with Gasteiger partial charge < -0.3 is 10.3 Å². The fourth-order valence-corrected chi connectivity index (χ4v) is 1.81. The quantitative estimate of drug-likeness (QED) is 0.923. The molecule has 0 saturated heterocycles. The number of rotatable bonds is 4. The molecule has 0 unspecified atom stereocenters. The number of hydrogen-bond acceptors (Lipinski definition) is 4. The van der Waals surface area contributed by atoms with Gasteiger partial charge in [-0.25, -0.2) is 0 Å². The van der Waals surface area contributed by atoms with Gasteiger partial charge in [0.15, 0.2) is 0 Å². The van der Waals surface area contributed by atoms with Crippen LogP contribution in [0.5, 0.6) is 0 Å². The number of hydrogen-bond donors (Lipinski definition) is 1. The monoisotopic (exact) mass is 265 g/mol. The Kier molecular flexibility index (Phi) is 3.99. The van der Waals surface area contributed by atoms with Gasteiger partial charge in [-0.05, 0) is 24.3 Å². The first kappa shape index (κ1) is 13.1. The Balaban J connectivity index is 0.00000120. The van der Waals surface area contributed by atoms with Crippen LogP contribution in [0, 0.1) is 5.92 Å². The lowest BCUT2D eigenvalue weighted by atomic mass is 10.1. The topological polar surface area (TPSA) is 64.9 Å². The lowest BCUT2D eigenvalue weighted by molar-refractivity contribution is 0.373. The van der Waals surface area contributed by atoms with Crippen molar-refractivity contribution in [1.29, 1.82) is 0 Å². The van der Waals surface area contributed by atoms with Gasteiger partial charge in [-0.1, -0.05) is 29.4 Å². The molecule has 1 saturated carbocycles. The van der Waals surface area contributed by atoms with E-state index < -0.39 is 0 Å². The third-order valence-corrected chi connectivity index (χ3v) is 3.08. The van der Waals surface area contributed by atoms with Crippen molar-refractivity contribution in [2.24, 2.45) is 11.7 Å². The van der Waals surface area contributed by atoms with Crippen molar-refractivity contribution in [2.45, 2.75) is 25.8 Å². The molecule has 0 atom stereocenters. The Morgan fingerprint density at radius 2 is 1.94 bits per heavy atom. The highest BCUT2D eigenvalue weighted by Gasteiger charge is 2.24. The molecule has 0 amide bonds. The first-order valence-corrected chi connectivity index (χ1v) is 5.97. The average molecular weight is 266 g/mol. The van der Waals surface area contributed by atoms with Crippen LogP contribution in [0.2, 0.25) is 0 Å². The molecule has 0 radical (unpaired) electrons. The summed E-state index contributed by atoms with van der Waals surface area (Å²) in [6.07, 6.45) is 3.51. The van der Waals surface area contributed by atoms with Crippen molar-refractivity contribution in [3.63, 3.8) is 0 Å². The van der Waals surface area contributed by atoms with Crippen LogP contribution in [-0.4, -0.2) is 10.1 Å². The minimum absolute atomic E-state index is 0. The lowest BCUT2D eigenvalue weighted by Gasteiger charge is -1.97. The molecule has 96 valence electrons. The van der Waals surface area contributed by atoms with Crippen molar-refractivity contribution < 1.29 is 4.52 Å². The minimum Gasteiger partial charge on any atom is -0.339 e. The second-order valence-electron chi connectivity index (χ2n) is 4.56. The highest BCUT2D eigenvalue weighted by molar-refractivity contribution is 5.85. The SMILES string of the molecule is Cl.NCc1ccc(-c2noc(CC3CC3)n2)cc1. The molecule has 0 aliphatic heterocycles. The molecule has 3 rings (SSSR count). The maximum Gasteiger partial charge on any atom is 0.227 e. The van der Waals surface area contributed by atoms with Crippen molar-refractivity contribution in [2.75, 3.05) is 0 Å². The van der Waals surface area contributed by atoms with E-state index in [-0.39, 0.29) is 12.4 Å². The van der Waals surface area contributed by atoms with E-state index in [0.29, 0.717) is 12.4 Å². The van der Waals surface area contributed by atoms with Gasteiger partial charge in [0, 0.05) is 18.5 Å². The normalized spacial score (nSPS) is 14.3. The van der Waals surface area contributed by atoms with E-state index in [1.54, 1.807) is 0 Å². The Morgan fingerprint density at radius 1 is 1.22 bits per heavy atom. The summed E-state index contributed by atoms with van der Waals surface area (Å²) in [6.45, 7) is 0.555. The van der Waals surface area contributed by atoms with Crippen LogP contribution in [0.3, 0.4) is 0 Å². The molecule has 0 bridgehead atoms. The van der Waals surface area contributed by atoms with Gasteiger partial charge in [-0.2, -0.15) is 4.98 Å². The van der Waals surface area contributed by atoms with Gasteiger partial charge in [-0.3, -0.25) is 0 Å². The second kappa shape index (κ2) is 5.50. The summed E-state index contributed by atoms with van der Waals surface area (Å²) in [6, 6.07) is 7.94. The van der Waals surface area contributed by atoms with E-state index in [1.807, 2.05) is 24.3 Å². The second-order valence-corrected chi connectivity index (χ2v) is 4.56. The van der Waals surface area contributed by atoms with Crippen molar-refractivity contribution in [3.8, 4) is 11.4 Å². The van der Waals surface area contributed by atoms with E-state index in [1.165, 1.54) is 12.8 Å². The third-order valence-electron chi connectivity index (χ3n) is 3.08. The van der Waals surface area contributed by atoms with E-state index in [9.17, 15) is 0 Å². The molecule has 4 nitrogen and oxygen atoms in total. The molecular weight excluding hydrogens is 250 g/mol. The average Bonchev–Trinajstić information content (AvgIpc) is 3.06. The summed E-state index contributed by atoms with van der Waals surface area (Å²) in [5.41, 5.74) is 7.64. The molecular formula is C13H16ClN3O. The Morgan fingerprint density at radius 3 is 2.56 bits per heavy atom. The zero-order valence-corrected chi connectivity index (χ0v) is 10.8. The van der Waals surface area contributed by atoms with Gasteiger partial charge in [0.2, 0.25) is 11.7 Å². The van der Waals surface area contributed by atoms with Crippen LogP contribution >= 0.6 is 12.4 Å². The van der Waals surface area contributed by atoms with E-state index >= 15 is 0 Å². The molecule has 2 N–H and O–H groups in total. The number of halogens is 1. The largest absolute Gasteiger partial charge is 0.339 e. The van der Waals surface area contributed by atoms with Crippen LogP contribution in [0.4, 0.5) is 0 Å². The van der Waals surface area contributed by atoms with Crippen LogP contribution < -0.4 is 5.73 Å². The molecule has 1 aliphatic carbocycles. The first-order chi connectivity index (χ1) is 8.35. The zero-order chi connectivity index (χ0) is 11.7. The highest BCUT2D eigenvalue weighted by Crippen LogP contribution is 2.32. The number of benzene rings is 1. The number of aromatic nitrogens is 2. The van der Waals surface area contributed by atoms with Gasteiger partial charge in [0.05, 0.1) is 0 Å². The zero-order valence-electron chi connectivity index (χ0n) is 10.0. The van der Waals surface area contributed by atoms with Gasteiger partial charge in [-0.15, -0.1) is 12.4 Å². The Hall–Kier alpha value is -1.39. The molecule has 18 heavy (non-hydrogen) atoms. The Labute approximate surface area is 112 Å². The molecule has 1 aromatic heterocycles. The van der Waals surface area contributed by atoms with Crippen LogP contribution in [0.1, 0.15) is 24.3 Å².